The lowest BCUT2D eigenvalue weighted by molar-refractivity contribution is -0.120. The molecule has 1 aromatic rings. The van der Waals surface area contributed by atoms with Crippen LogP contribution in [0.4, 0.5) is 11.4 Å². The van der Waals surface area contributed by atoms with E-state index < -0.39 is 0 Å². The molecule has 1 amide bonds. The fourth-order valence-corrected chi connectivity index (χ4v) is 2.55. The van der Waals surface area contributed by atoms with Crippen LogP contribution < -0.4 is 15.5 Å². The molecule has 0 aliphatic carbocycles. The Morgan fingerprint density at radius 1 is 1.35 bits per heavy atom. The minimum atomic E-state index is -0.212. The average Bonchev–Trinajstić information content (AvgIpc) is 2.64. The van der Waals surface area contributed by atoms with Crippen molar-refractivity contribution >= 4 is 17.3 Å². The topological polar surface area (TPSA) is 58.8 Å². The summed E-state index contributed by atoms with van der Waals surface area (Å²) in [7, 11) is 3.65. The molecule has 5 heteroatoms. The molecule has 0 fully saturated rings. The number of carbonyl (C=O) groups is 1. The van der Waals surface area contributed by atoms with E-state index >= 15 is 0 Å². The smallest absolute Gasteiger partial charge is 0.229 e. The Morgan fingerprint density at radius 3 is 2.70 bits per heavy atom. The van der Waals surface area contributed by atoms with Crippen LogP contribution in [0, 0.1) is 0 Å². The number of anilines is 2. The van der Waals surface area contributed by atoms with Crippen molar-refractivity contribution in [2.45, 2.75) is 18.9 Å². The summed E-state index contributed by atoms with van der Waals surface area (Å²) in [6, 6.07) is 8.02. The summed E-state index contributed by atoms with van der Waals surface area (Å²) in [4.78, 5) is 16.6. The standard InChI is InChI=1S/C15H23N3O2/c1-17-8-5-9-18(14-7-4-3-6-13(14)17)15(19)10-12(11-16)20-2/h3-4,6-7,12H,5,8-11,16H2,1-2H3. The molecule has 0 bridgehead atoms. The lowest BCUT2D eigenvalue weighted by Crippen LogP contribution is -2.36. The molecule has 1 atom stereocenters. The highest BCUT2D eigenvalue weighted by atomic mass is 16.5. The third-order valence-corrected chi connectivity index (χ3v) is 3.76. The quantitative estimate of drug-likeness (QED) is 0.899. The zero-order valence-electron chi connectivity index (χ0n) is 12.2. The number of hydrogen-bond acceptors (Lipinski definition) is 4. The molecular weight excluding hydrogens is 254 g/mol. The van der Waals surface area contributed by atoms with E-state index in [1.807, 2.05) is 23.1 Å². The van der Waals surface area contributed by atoms with E-state index in [1.54, 1.807) is 7.11 Å². The zero-order chi connectivity index (χ0) is 14.5. The Bertz CT molecular complexity index is 460. The van der Waals surface area contributed by atoms with Gasteiger partial charge in [-0.25, -0.2) is 0 Å². The maximum Gasteiger partial charge on any atom is 0.229 e. The third kappa shape index (κ3) is 3.11. The molecule has 2 N–H and O–H groups in total. The lowest BCUT2D eigenvalue weighted by atomic mass is 10.2. The van der Waals surface area contributed by atoms with Crippen LogP contribution in [0.25, 0.3) is 0 Å². The highest BCUT2D eigenvalue weighted by Gasteiger charge is 2.24. The molecule has 0 aromatic heterocycles. The summed E-state index contributed by atoms with van der Waals surface area (Å²) in [6.45, 7) is 2.05. The van der Waals surface area contributed by atoms with Crippen LogP contribution in [0.5, 0.6) is 0 Å². The van der Waals surface area contributed by atoms with Gasteiger partial charge in [-0.2, -0.15) is 0 Å². The Balaban J connectivity index is 2.23. The van der Waals surface area contributed by atoms with Gasteiger partial charge < -0.3 is 20.3 Å². The van der Waals surface area contributed by atoms with Gasteiger partial charge in [-0.3, -0.25) is 4.79 Å². The summed E-state index contributed by atoms with van der Waals surface area (Å²) in [5.41, 5.74) is 7.68. The molecule has 1 aromatic carbocycles. The fourth-order valence-electron chi connectivity index (χ4n) is 2.55. The summed E-state index contributed by atoms with van der Waals surface area (Å²) in [5.74, 6) is 0.0741. The first-order valence-corrected chi connectivity index (χ1v) is 7.00. The number of methoxy groups -OCH3 is 1. The van der Waals surface area contributed by atoms with Crippen molar-refractivity contribution in [3.05, 3.63) is 24.3 Å². The van der Waals surface area contributed by atoms with Gasteiger partial charge in [0.25, 0.3) is 0 Å². The molecule has 1 aliphatic rings. The van der Waals surface area contributed by atoms with E-state index in [1.165, 1.54) is 0 Å². The summed E-state index contributed by atoms with van der Waals surface area (Å²) in [6.07, 6.45) is 1.07. The van der Waals surface area contributed by atoms with E-state index in [4.69, 9.17) is 10.5 Å². The first kappa shape index (κ1) is 14.8. The molecule has 0 saturated carbocycles. The Kier molecular flexibility index (Phi) is 4.98. The van der Waals surface area contributed by atoms with Crippen LogP contribution in [-0.4, -0.2) is 45.8 Å². The fraction of sp³-hybridized carbons (Fsp3) is 0.533. The van der Waals surface area contributed by atoms with Crippen molar-refractivity contribution < 1.29 is 9.53 Å². The predicted octanol–water partition coefficient (Wildman–Crippen LogP) is 1.22. The molecule has 0 radical (unpaired) electrons. The summed E-state index contributed by atoms with van der Waals surface area (Å²) in [5, 5.41) is 0. The highest BCUT2D eigenvalue weighted by molar-refractivity contribution is 5.97. The largest absolute Gasteiger partial charge is 0.380 e. The normalized spacial score (nSPS) is 16.6. The Hall–Kier alpha value is -1.59. The molecule has 0 spiro atoms. The van der Waals surface area contributed by atoms with Gasteiger partial charge in [-0.05, 0) is 18.6 Å². The summed E-state index contributed by atoms with van der Waals surface area (Å²) >= 11 is 0. The Labute approximate surface area is 120 Å². The van der Waals surface area contributed by atoms with E-state index in [-0.39, 0.29) is 12.0 Å². The summed E-state index contributed by atoms with van der Waals surface area (Å²) < 4.78 is 5.22. The van der Waals surface area contributed by atoms with Gasteiger partial charge in [-0.15, -0.1) is 0 Å². The number of nitrogens with zero attached hydrogens (tertiary/aromatic N) is 2. The maximum atomic E-state index is 12.5. The number of ether oxygens (including phenoxy) is 1. The monoisotopic (exact) mass is 277 g/mol. The van der Waals surface area contributed by atoms with Crippen molar-refractivity contribution in [3.63, 3.8) is 0 Å². The SMILES string of the molecule is COC(CN)CC(=O)N1CCCN(C)c2ccccc21. The van der Waals surface area contributed by atoms with Gasteiger partial charge >= 0.3 is 0 Å². The number of fused-ring (bicyclic) bond motifs is 1. The Morgan fingerprint density at radius 2 is 2.05 bits per heavy atom. The van der Waals surface area contributed by atoms with E-state index in [0.29, 0.717) is 13.0 Å². The van der Waals surface area contributed by atoms with Crippen LogP contribution in [0.15, 0.2) is 24.3 Å². The average molecular weight is 277 g/mol. The van der Waals surface area contributed by atoms with Gasteiger partial charge in [0.15, 0.2) is 0 Å². The molecule has 20 heavy (non-hydrogen) atoms. The molecular formula is C15H23N3O2. The second-order valence-electron chi connectivity index (χ2n) is 5.11. The van der Waals surface area contributed by atoms with Gasteiger partial charge in [-0.1, -0.05) is 12.1 Å². The number of amides is 1. The number of rotatable bonds is 4. The van der Waals surface area contributed by atoms with Gasteiger partial charge in [0.1, 0.15) is 0 Å². The van der Waals surface area contributed by atoms with Crippen LogP contribution in [0.2, 0.25) is 0 Å². The maximum absolute atomic E-state index is 12.5. The van der Waals surface area contributed by atoms with Crippen molar-refractivity contribution in [1.29, 1.82) is 0 Å². The number of hydrogen-bond donors (Lipinski definition) is 1. The molecule has 110 valence electrons. The van der Waals surface area contributed by atoms with Gasteiger partial charge in [0.2, 0.25) is 5.91 Å². The van der Waals surface area contributed by atoms with Crippen LogP contribution in [0.3, 0.4) is 0 Å². The molecule has 1 heterocycles. The number of benzene rings is 1. The van der Waals surface area contributed by atoms with E-state index in [0.717, 1.165) is 30.9 Å². The van der Waals surface area contributed by atoms with Gasteiger partial charge in [0, 0.05) is 33.8 Å². The number of para-hydroxylation sites is 2. The van der Waals surface area contributed by atoms with Crippen LogP contribution in [0.1, 0.15) is 12.8 Å². The van der Waals surface area contributed by atoms with Crippen molar-refractivity contribution in [2.24, 2.45) is 5.73 Å². The van der Waals surface area contributed by atoms with E-state index in [2.05, 4.69) is 18.0 Å². The first-order valence-electron chi connectivity index (χ1n) is 7.00. The molecule has 1 unspecified atom stereocenters. The molecule has 5 nitrogen and oxygen atoms in total. The lowest BCUT2D eigenvalue weighted by Gasteiger charge is -2.25. The highest BCUT2D eigenvalue weighted by Crippen LogP contribution is 2.31. The van der Waals surface area contributed by atoms with Crippen molar-refractivity contribution in [1.82, 2.24) is 0 Å². The molecule has 0 saturated heterocycles. The van der Waals surface area contributed by atoms with Crippen LogP contribution >= 0.6 is 0 Å². The van der Waals surface area contributed by atoms with Crippen LogP contribution in [-0.2, 0) is 9.53 Å². The minimum Gasteiger partial charge on any atom is -0.380 e. The second-order valence-corrected chi connectivity index (χ2v) is 5.11. The van der Waals surface area contributed by atoms with Gasteiger partial charge in [0.05, 0.1) is 23.9 Å². The minimum absolute atomic E-state index is 0.0741. The van der Waals surface area contributed by atoms with E-state index in [9.17, 15) is 4.79 Å². The van der Waals surface area contributed by atoms with Crippen molar-refractivity contribution in [3.8, 4) is 0 Å². The zero-order valence-corrected chi connectivity index (χ0v) is 12.2. The predicted molar refractivity (Wildman–Crippen MR) is 81.2 cm³/mol. The number of carbonyl (C=O) groups excluding carboxylic acids is 1. The number of nitrogens with two attached hydrogens (primary N) is 1. The molecule has 1 aliphatic heterocycles. The second kappa shape index (κ2) is 6.72. The first-order chi connectivity index (χ1) is 9.67. The van der Waals surface area contributed by atoms with Crippen molar-refractivity contribution in [2.75, 3.05) is 43.6 Å². The third-order valence-electron chi connectivity index (χ3n) is 3.76. The molecule has 2 rings (SSSR count).